The molecule has 1 amide bonds. The summed E-state index contributed by atoms with van der Waals surface area (Å²) in [7, 11) is 3.26. The number of aromatic amines is 1. The number of rotatable bonds is 9. The third kappa shape index (κ3) is 6.31. The van der Waals surface area contributed by atoms with Gasteiger partial charge in [0.1, 0.15) is 18.1 Å². The molecule has 0 saturated carbocycles. The molecule has 9 nitrogen and oxygen atoms in total. The highest BCUT2D eigenvalue weighted by Gasteiger charge is 2.07. The van der Waals surface area contributed by atoms with E-state index in [1.807, 2.05) is 49.4 Å². The van der Waals surface area contributed by atoms with Crippen molar-refractivity contribution in [3.05, 3.63) is 65.5 Å². The minimum atomic E-state index is -0.0872. The first-order valence-electron chi connectivity index (χ1n) is 10.5. The Morgan fingerprint density at radius 3 is 2.69 bits per heavy atom. The highest BCUT2D eigenvalue weighted by atomic mass is 16.5. The Hall–Kier alpha value is -3.88. The molecular weight excluding hydrogens is 406 g/mol. The molecule has 1 heterocycles. The molecule has 0 aliphatic heterocycles. The number of carbonyl (C=O) groups excluding carboxylic acids is 1. The summed E-state index contributed by atoms with van der Waals surface area (Å²) in [4.78, 5) is 20.9. The average Bonchev–Trinajstić information content (AvgIpc) is 3.31. The Bertz CT molecular complexity index is 1040. The molecule has 0 spiro atoms. The number of benzene rings is 2. The number of nitrogens with one attached hydrogen (secondary N) is 4. The summed E-state index contributed by atoms with van der Waals surface area (Å²) in [6, 6.07) is 15.2. The number of carbonyl (C=O) groups is 1. The molecule has 0 atom stereocenters. The quantitative estimate of drug-likeness (QED) is 0.302. The lowest BCUT2D eigenvalue weighted by Gasteiger charge is -2.11. The summed E-state index contributed by atoms with van der Waals surface area (Å²) in [6.45, 7) is 3.80. The molecule has 0 radical (unpaired) electrons. The van der Waals surface area contributed by atoms with Gasteiger partial charge in [-0.05, 0) is 55.3 Å². The van der Waals surface area contributed by atoms with Crippen molar-refractivity contribution in [1.82, 2.24) is 31.1 Å². The molecule has 0 aliphatic carbocycles. The summed E-state index contributed by atoms with van der Waals surface area (Å²) in [5.41, 5.74) is 2.64. The minimum absolute atomic E-state index is 0.0872. The smallest absolute Gasteiger partial charge is 0.251 e. The van der Waals surface area contributed by atoms with Gasteiger partial charge in [0.2, 0.25) is 0 Å². The normalized spacial score (nSPS) is 11.2. The molecule has 3 aromatic rings. The summed E-state index contributed by atoms with van der Waals surface area (Å²) < 4.78 is 5.18. The SMILES string of the molecule is CCNC(=NCc1nc(-c2ccc(OC)cc2)n[nH]1)NCCc1cccc(C(=O)NC)c1. The van der Waals surface area contributed by atoms with Gasteiger partial charge in [-0.3, -0.25) is 9.89 Å². The third-order valence-corrected chi connectivity index (χ3v) is 4.73. The van der Waals surface area contributed by atoms with Crippen LogP contribution < -0.4 is 20.7 Å². The van der Waals surface area contributed by atoms with Crippen molar-refractivity contribution in [2.24, 2.45) is 4.99 Å². The first-order chi connectivity index (χ1) is 15.6. The van der Waals surface area contributed by atoms with E-state index in [0.29, 0.717) is 36.3 Å². The minimum Gasteiger partial charge on any atom is -0.497 e. The van der Waals surface area contributed by atoms with Crippen LogP contribution in [0, 0.1) is 0 Å². The van der Waals surface area contributed by atoms with E-state index >= 15 is 0 Å². The van der Waals surface area contributed by atoms with E-state index in [4.69, 9.17) is 4.74 Å². The summed E-state index contributed by atoms with van der Waals surface area (Å²) >= 11 is 0. The molecule has 9 heteroatoms. The van der Waals surface area contributed by atoms with Crippen molar-refractivity contribution in [1.29, 1.82) is 0 Å². The van der Waals surface area contributed by atoms with Gasteiger partial charge < -0.3 is 20.7 Å². The van der Waals surface area contributed by atoms with Crippen LogP contribution in [0.4, 0.5) is 0 Å². The molecular formula is C23H29N7O2. The molecule has 168 valence electrons. The van der Waals surface area contributed by atoms with Crippen LogP contribution in [0.3, 0.4) is 0 Å². The van der Waals surface area contributed by atoms with Gasteiger partial charge in [0, 0.05) is 31.3 Å². The molecule has 0 saturated heterocycles. The lowest BCUT2D eigenvalue weighted by Crippen LogP contribution is -2.38. The molecule has 3 rings (SSSR count). The van der Waals surface area contributed by atoms with Gasteiger partial charge in [-0.25, -0.2) is 9.98 Å². The number of ether oxygens (including phenoxy) is 1. The maximum atomic E-state index is 11.8. The standard InChI is InChI=1S/C23H29N7O2/c1-4-25-23(26-13-12-16-6-5-7-18(14-16)22(31)24-2)27-15-20-28-21(30-29-20)17-8-10-19(32-3)11-9-17/h5-11,14H,4,12-13,15H2,1-3H3,(H,24,31)(H2,25,26,27)(H,28,29,30). The van der Waals surface area contributed by atoms with Crippen molar-refractivity contribution in [3.8, 4) is 17.1 Å². The summed E-state index contributed by atoms with van der Waals surface area (Å²) in [6.07, 6.45) is 0.763. The zero-order valence-corrected chi connectivity index (χ0v) is 18.6. The zero-order chi connectivity index (χ0) is 22.8. The number of H-pyrrole nitrogens is 1. The van der Waals surface area contributed by atoms with Crippen molar-refractivity contribution < 1.29 is 9.53 Å². The van der Waals surface area contributed by atoms with Crippen LogP contribution in [-0.4, -0.2) is 54.3 Å². The second kappa shape index (κ2) is 11.5. The number of hydrogen-bond acceptors (Lipinski definition) is 5. The maximum Gasteiger partial charge on any atom is 0.251 e. The van der Waals surface area contributed by atoms with E-state index in [0.717, 1.165) is 29.8 Å². The monoisotopic (exact) mass is 435 g/mol. The molecule has 0 aliphatic rings. The predicted molar refractivity (Wildman–Crippen MR) is 125 cm³/mol. The lowest BCUT2D eigenvalue weighted by molar-refractivity contribution is 0.0963. The van der Waals surface area contributed by atoms with Crippen LogP contribution in [0.5, 0.6) is 5.75 Å². The van der Waals surface area contributed by atoms with Crippen LogP contribution in [0.2, 0.25) is 0 Å². The fourth-order valence-electron chi connectivity index (χ4n) is 3.07. The largest absolute Gasteiger partial charge is 0.497 e. The molecule has 32 heavy (non-hydrogen) atoms. The van der Waals surface area contributed by atoms with Crippen LogP contribution in [0.1, 0.15) is 28.7 Å². The van der Waals surface area contributed by atoms with Gasteiger partial charge in [-0.1, -0.05) is 12.1 Å². The average molecular weight is 436 g/mol. The van der Waals surface area contributed by atoms with Crippen molar-refractivity contribution in [3.63, 3.8) is 0 Å². The second-order valence-corrected chi connectivity index (χ2v) is 6.99. The highest BCUT2D eigenvalue weighted by Crippen LogP contribution is 2.19. The molecule has 1 aromatic heterocycles. The number of hydrogen-bond donors (Lipinski definition) is 4. The lowest BCUT2D eigenvalue weighted by atomic mass is 10.1. The van der Waals surface area contributed by atoms with E-state index in [-0.39, 0.29) is 5.91 Å². The molecule has 4 N–H and O–H groups in total. The second-order valence-electron chi connectivity index (χ2n) is 6.99. The van der Waals surface area contributed by atoms with Gasteiger partial charge in [0.15, 0.2) is 11.8 Å². The van der Waals surface area contributed by atoms with Gasteiger partial charge in [0.05, 0.1) is 7.11 Å². The van der Waals surface area contributed by atoms with Crippen molar-refractivity contribution >= 4 is 11.9 Å². The zero-order valence-electron chi connectivity index (χ0n) is 18.6. The van der Waals surface area contributed by atoms with Crippen LogP contribution in [-0.2, 0) is 13.0 Å². The molecule has 0 fully saturated rings. The number of nitrogens with zero attached hydrogens (tertiary/aromatic N) is 3. The Balaban J connectivity index is 1.57. The van der Waals surface area contributed by atoms with Crippen LogP contribution >= 0.6 is 0 Å². The Morgan fingerprint density at radius 1 is 1.16 bits per heavy atom. The van der Waals surface area contributed by atoms with Crippen molar-refractivity contribution in [2.45, 2.75) is 19.9 Å². The van der Waals surface area contributed by atoms with E-state index in [2.05, 4.69) is 36.1 Å². The predicted octanol–water partition coefficient (Wildman–Crippen LogP) is 2.14. The van der Waals surface area contributed by atoms with Crippen LogP contribution in [0.25, 0.3) is 11.4 Å². The summed E-state index contributed by atoms with van der Waals surface area (Å²) in [5, 5.41) is 16.4. The van der Waals surface area contributed by atoms with Gasteiger partial charge in [-0.15, -0.1) is 0 Å². The molecule has 2 aromatic carbocycles. The number of aromatic nitrogens is 3. The van der Waals surface area contributed by atoms with E-state index < -0.39 is 0 Å². The van der Waals surface area contributed by atoms with E-state index in [1.165, 1.54) is 0 Å². The van der Waals surface area contributed by atoms with Gasteiger partial charge in [-0.2, -0.15) is 5.10 Å². The fourth-order valence-corrected chi connectivity index (χ4v) is 3.07. The topological polar surface area (TPSA) is 116 Å². The Morgan fingerprint density at radius 2 is 1.97 bits per heavy atom. The maximum absolute atomic E-state index is 11.8. The fraction of sp³-hybridized carbons (Fsp3) is 0.304. The van der Waals surface area contributed by atoms with Gasteiger partial charge >= 0.3 is 0 Å². The number of amides is 1. The number of aliphatic imine (C=N–C) groups is 1. The van der Waals surface area contributed by atoms with E-state index in [1.54, 1.807) is 20.2 Å². The Kier molecular flexibility index (Phi) is 8.19. The number of guanidine groups is 1. The summed E-state index contributed by atoms with van der Waals surface area (Å²) in [5.74, 6) is 2.68. The van der Waals surface area contributed by atoms with Gasteiger partial charge in [0.25, 0.3) is 5.91 Å². The first-order valence-corrected chi connectivity index (χ1v) is 10.5. The Labute approximate surface area is 187 Å². The molecule has 0 bridgehead atoms. The van der Waals surface area contributed by atoms with Crippen LogP contribution in [0.15, 0.2) is 53.5 Å². The third-order valence-electron chi connectivity index (χ3n) is 4.73. The number of methoxy groups -OCH3 is 1. The highest BCUT2D eigenvalue weighted by molar-refractivity contribution is 5.94. The van der Waals surface area contributed by atoms with Crippen molar-refractivity contribution in [2.75, 3.05) is 27.2 Å². The van der Waals surface area contributed by atoms with E-state index in [9.17, 15) is 4.79 Å². The first kappa shape index (κ1) is 22.8. The molecule has 0 unspecified atom stereocenters.